The molecule has 6 aliphatic heterocycles. The predicted molar refractivity (Wildman–Crippen MR) is 198 cm³/mol. The number of ether oxygens (including phenoxy) is 4. The molecule has 13 rings (SSSR count). The summed E-state index contributed by atoms with van der Waals surface area (Å²) in [5.41, 5.74) is 13.0. The number of hydrogen-bond donors (Lipinski definition) is 0. The standard InChI is InChI=1S/C42H22B2N2O4/c1-3-11-23(12-4-1)45-25-15-7-17-27-33(25)43-35-29(47-27)19-9-21-31(35)49-41-37(43)39(45)40-38-42(41)50-32-22-10-20-30-36(32)44(38)34-26(16-8-18-28(34)48-30)46(40)24-13-5-2-6-14-24/h1-22H. The maximum absolute atomic E-state index is 7.11. The molecule has 7 aromatic rings. The Kier molecular flexibility index (Phi) is 4.45. The molecule has 7 aromatic carbocycles. The third-order valence-electron chi connectivity index (χ3n) is 11.1. The average Bonchev–Trinajstić information content (AvgIpc) is 3.17. The average molecular weight is 640 g/mol. The monoisotopic (exact) mass is 640 g/mol. The molecule has 8 heteroatoms. The number of rotatable bonds is 2. The molecule has 6 aliphatic rings. The van der Waals surface area contributed by atoms with Crippen LogP contribution in [-0.2, 0) is 0 Å². The third-order valence-corrected chi connectivity index (χ3v) is 11.1. The van der Waals surface area contributed by atoms with E-state index in [2.05, 4.69) is 131 Å². The van der Waals surface area contributed by atoms with Crippen LogP contribution in [0.1, 0.15) is 0 Å². The van der Waals surface area contributed by atoms with Crippen molar-refractivity contribution in [2.45, 2.75) is 0 Å². The highest BCUT2D eigenvalue weighted by Crippen LogP contribution is 2.56. The van der Waals surface area contributed by atoms with Crippen LogP contribution in [0, 0.1) is 0 Å². The summed E-state index contributed by atoms with van der Waals surface area (Å²) in [5, 5.41) is 0. The molecule has 0 aliphatic carbocycles. The van der Waals surface area contributed by atoms with Gasteiger partial charge < -0.3 is 28.7 Å². The molecular formula is C42H22B2N2O4. The Morgan fingerprint density at radius 3 is 1.10 bits per heavy atom. The lowest BCUT2D eigenvalue weighted by Gasteiger charge is -2.49. The molecule has 0 radical (unpaired) electrons. The van der Waals surface area contributed by atoms with Crippen molar-refractivity contribution >= 4 is 80.3 Å². The van der Waals surface area contributed by atoms with Gasteiger partial charge in [-0.25, -0.2) is 0 Å². The SMILES string of the molecule is c1ccc(N2c3cccc4c3B3c5c(cccc5Oc5c6c7c(c2c53)N(c2ccccc2)c2cccc3c2B7c2c(cccc2O6)O3)O4)cc1. The van der Waals surface area contributed by atoms with Gasteiger partial charge >= 0.3 is 0 Å². The summed E-state index contributed by atoms with van der Waals surface area (Å²) in [5.74, 6) is 6.47. The Balaban J connectivity index is 1.26. The van der Waals surface area contributed by atoms with E-state index in [0.717, 1.165) is 113 Å². The fourth-order valence-corrected chi connectivity index (χ4v) is 9.35. The largest absolute Gasteiger partial charge is 0.458 e. The molecule has 0 bridgehead atoms. The zero-order chi connectivity index (χ0) is 32.2. The first kappa shape index (κ1) is 25.5. The second-order valence-corrected chi connectivity index (χ2v) is 13.5. The van der Waals surface area contributed by atoms with E-state index < -0.39 is 0 Å². The Morgan fingerprint density at radius 1 is 0.320 bits per heavy atom. The molecule has 230 valence electrons. The quantitative estimate of drug-likeness (QED) is 0.196. The summed E-state index contributed by atoms with van der Waals surface area (Å²) in [6, 6.07) is 46.4. The zero-order valence-electron chi connectivity index (χ0n) is 26.4. The highest BCUT2D eigenvalue weighted by Gasteiger charge is 2.55. The van der Waals surface area contributed by atoms with Crippen molar-refractivity contribution < 1.29 is 18.9 Å². The summed E-state index contributed by atoms with van der Waals surface area (Å²) in [7, 11) is 0. The van der Waals surface area contributed by atoms with Gasteiger partial charge in [0.15, 0.2) is 11.5 Å². The van der Waals surface area contributed by atoms with Crippen molar-refractivity contribution in [3.63, 3.8) is 0 Å². The van der Waals surface area contributed by atoms with Crippen LogP contribution in [0.15, 0.2) is 133 Å². The molecule has 6 heterocycles. The van der Waals surface area contributed by atoms with Crippen LogP contribution in [0.25, 0.3) is 0 Å². The number of para-hydroxylation sites is 2. The Hall–Kier alpha value is -6.53. The Labute approximate surface area is 287 Å². The highest BCUT2D eigenvalue weighted by molar-refractivity contribution is 7.03. The topological polar surface area (TPSA) is 43.4 Å². The van der Waals surface area contributed by atoms with Gasteiger partial charge in [0.05, 0.1) is 11.4 Å². The van der Waals surface area contributed by atoms with E-state index >= 15 is 0 Å². The van der Waals surface area contributed by atoms with Crippen LogP contribution in [0.2, 0.25) is 0 Å². The molecule has 0 atom stereocenters. The van der Waals surface area contributed by atoms with Gasteiger partial charge in [-0.05, 0) is 83.7 Å². The molecule has 6 nitrogen and oxygen atoms in total. The molecule has 0 unspecified atom stereocenters. The second-order valence-electron chi connectivity index (χ2n) is 13.5. The number of benzene rings is 7. The van der Waals surface area contributed by atoms with Gasteiger partial charge in [-0.3, -0.25) is 0 Å². The number of hydrogen-bond acceptors (Lipinski definition) is 6. The maximum Gasteiger partial charge on any atom is 0.266 e. The lowest BCUT2D eigenvalue weighted by atomic mass is 9.30. The van der Waals surface area contributed by atoms with Crippen LogP contribution in [0.5, 0.6) is 46.0 Å². The van der Waals surface area contributed by atoms with E-state index in [-0.39, 0.29) is 13.4 Å². The van der Waals surface area contributed by atoms with Crippen LogP contribution in [0.3, 0.4) is 0 Å². The molecule has 0 amide bonds. The van der Waals surface area contributed by atoms with E-state index in [1.165, 1.54) is 0 Å². The Morgan fingerprint density at radius 2 is 0.680 bits per heavy atom. The molecule has 0 N–H and O–H groups in total. The fraction of sp³-hybridized carbons (Fsp3) is 0. The molecule has 0 aromatic heterocycles. The zero-order valence-corrected chi connectivity index (χ0v) is 26.4. The molecule has 50 heavy (non-hydrogen) atoms. The van der Waals surface area contributed by atoms with Crippen molar-refractivity contribution in [2.75, 3.05) is 9.80 Å². The van der Waals surface area contributed by atoms with Crippen molar-refractivity contribution in [2.24, 2.45) is 0 Å². The van der Waals surface area contributed by atoms with Gasteiger partial charge in [0.25, 0.3) is 13.4 Å². The Bertz CT molecular complexity index is 2520. The minimum absolute atomic E-state index is 0.127. The molecule has 0 fully saturated rings. The smallest absolute Gasteiger partial charge is 0.266 e. The van der Waals surface area contributed by atoms with Crippen molar-refractivity contribution in [3.05, 3.63) is 133 Å². The highest BCUT2D eigenvalue weighted by atomic mass is 16.5. The van der Waals surface area contributed by atoms with Crippen LogP contribution in [0.4, 0.5) is 34.1 Å². The minimum Gasteiger partial charge on any atom is -0.458 e. The first-order valence-corrected chi connectivity index (χ1v) is 17.0. The van der Waals surface area contributed by atoms with Crippen molar-refractivity contribution in [1.82, 2.24) is 0 Å². The summed E-state index contributed by atoms with van der Waals surface area (Å²) < 4.78 is 27.6. The first-order valence-electron chi connectivity index (χ1n) is 17.0. The van der Waals surface area contributed by atoms with E-state index in [4.69, 9.17) is 18.9 Å². The molecule has 0 spiro atoms. The fourth-order valence-electron chi connectivity index (χ4n) is 9.35. The number of fused-ring (bicyclic) bond motifs is 2. The molecular weight excluding hydrogens is 618 g/mol. The number of anilines is 6. The maximum atomic E-state index is 7.11. The lowest BCUT2D eigenvalue weighted by Crippen LogP contribution is -2.65. The summed E-state index contributed by atoms with van der Waals surface area (Å²) >= 11 is 0. The van der Waals surface area contributed by atoms with Gasteiger partial charge in [-0.1, -0.05) is 60.7 Å². The minimum atomic E-state index is -0.127. The summed E-state index contributed by atoms with van der Waals surface area (Å²) in [6.45, 7) is -0.254. The van der Waals surface area contributed by atoms with Gasteiger partial charge in [-0.2, -0.15) is 0 Å². The molecule has 0 saturated carbocycles. The van der Waals surface area contributed by atoms with Crippen LogP contribution in [-0.4, -0.2) is 13.4 Å². The second kappa shape index (κ2) is 8.73. The van der Waals surface area contributed by atoms with E-state index in [1.807, 2.05) is 12.1 Å². The predicted octanol–water partition coefficient (Wildman–Crippen LogP) is 6.71. The van der Waals surface area contributed by atoms with E-state index in [0.29, 0.717) is 0 Å². The normalized spacial score (nSPS) is 14.9. The van der Waals surface area contributed by atoms with Gasteiger partial charge in [0.1, 0.15) is 34.5 Å². The third kappa shape index (κ3) is 2.88. The van der Waals surface area contributed by atoms with E-state index in [1.54, 1.807) is 0 Å². The summed E-state index contributed by atoms with van der Waals surface area (Å²) in [6.07, 6.45) is 0. The van der Waals surface area contributed by atoms with Gasteiger partial charge in [-0.15, -0.1) is 0 Å². The number of nitrogens with zero attached hydrogens (tertiary/aromatic N) is 2. The van der Waals surface area contributed by atoms with Crippen molar-refractivity contribution in [3.8, 4) is 46.0 Å². The van der Waals surface area contributed by atoms with E-state index in [9.17, 15) is 0 Å². The van der Waals surface area contributed by atoms with Crippen LogP contribution < -0.4 is 61.5 Å². The summed E-state index contributed by atoms with van der Waals surface area (Å²) in [4.78, 5) is 4.84. The lowest BCUT2D eigenvalue weighted by molar-refractivity contribution is 0.417. The van der Waals surface area contributed by atoms with Crippen LogP contribution >= 0.6 is 0 Å². The van der Waals surface area contributed by atoms with Gasteiger partial charge in [0.2, 0.25) is 0 Å². The van der Waals surface area contributed by atoms with Crippen molar-refractivity contribution in [1.29, 1.82) is 0 Å². The first-order chi connectivity index (χ1) is 24.8. The molecule has 0 saturated heterocycles. The van der Waals surface area contributed by atoms with Gasteiger partial charge in [0, 0.05) is 44.6 Å².